The molecular formula is C14H24N4O. The number of rotatable bonds is 8. The average molecular weight is 264 g/mol. The number of nitrogens with one attached hydrogen (secondary N) is 1. The Hall–Kier alpha value is -1.36. The lowest BCUT2D eigenvalue weighted by Gasteiger charge is -2.23. The van der Waals surface area contributed by atoms with Crippen LogP contribution in [0.5, 0.6) is 0 Å². The molecular weight excluding hydrogens is 240 g/mol. The molecule has 1 heterocycles. The SMILES string of the molecule is CCCN(c1cc(NC)nc(COCC)n1)C1CC1. The van der Waals surface area contributed by atoms with E-state index >= 15 is 0 Å². The van der Waals surface area contributed by atoms with Crippen LogP contribution in [0.2, 0.25) is 0 Å². The van der Waals surface area contributed by atoms with E-state index in [0.29, 0.717) is 19.3 Å². The van der Waals surface area contributed by atoms with Gasteiger partial charge >= 0.3 is 0 Å². The van der Waals surface area contributed by atoms with Crippen molar-refractivity contribution in [3.05, 3.63) is 11.9 Å². The number of anilines is 2. The van der Waals surface area contributed by atoms with Gasteiger partial charge in [0.05, 0.1) is 0 Å². The Morgan fingerprint density at radius 2 is 2.16 bits per heavy atom. The van der Waals surface area contributed by atoms with E-state index in [1.165, 1.54) is 12.8 Å². The van der Waals surface area contributed by atoms with E-state index in [2.05, 4.69) is 27.1 Å². The molecule has 0 bridgehead atoms. The first-order valence-electron chi connectivity index (χ1n) is 7.18. The van der Waals surface area contributed by atoms with E-state index in [1.807, 2.05) is 20.0 Å². The van der Waals surface area contributed by atoms with Crippen LogP contribution in [0.25, 0.3) is 0 Å². The molecule has 0 aromatic carbocycles. The Morgan fingerprint density at radius 1 is 1.37 bits per heavy atom. The summed E-state index contributed by atoms with van der Waals surface area (Å²) in [6.45, 7) is 6.40. The lowest BCUT2D eigenvalue weighted by molar-refractivity contribution is 0.128. The van der Waals surface area contributed by atoms with Gasteiger partial charge in [-0.2, -0.15) is 0 Å². The van der Waals surface area contributed by atoms with Gasteiger partial charge < -0.3 is 15.0 Å². The summed E-state index contributed by atoms with van der Waals surface area (Å²) >= 11 is 0. The summed E-state index contributed by atoms with van der Waals surface area (Å²) in [6, 6.07) is 2.70. The molecule has 1 fully saturated rings. The lowest BCUT2D eigenvalue weighted by atomic mass is 10.3. The Bertz CT molecular complexity index is 406. The molecule has 0 atom stereocenters. The molecule has 1 aliphatic rings. The fourth-order valence-corrected chi connectivity index (χ4v) is 2.13. The summed E-state index contributed by atoms with van der Waals surface area (Å²) in [7, 11) is 1.89. The zero-order valence-electron chi connectivity index (χ0n) is 12.1. The Kier molecular flexibility index (Phi) is 4.96. The average Bonchev–Trinajstić information content (AvgIpc) is 3.26. The lowest BCUT2D eigenvalue weighted by Crippen LogP contribution is -2.28. The normalized spacial score (nSPS) is 14.5. The second-order valence-electron chi connectivity index (χ2n) is 4.84. The number of hydrogen-bond donors (Lipinski definition) is 1. The van der Waals surface area contributed by atoms with Gasteiger partial charge in [0.25, 0.3) is 0 Å². The third-order valence-corrected chi connectivity index (χ3v) is 3.20. The van der Waals surface area contributed by atoms with E-state index in [0.717, 1.165) is 30.4 Å². The Labute approximate surface area is 115 Å². The van der Waals surface area contributed by atoms with Gasteiger partial charge in [0.2, 0.25) is 0 Å². The Morgan fingerprint density at radius 3 is 2.74 bits per heavy atom. The Balaban J connectivity index is 2.21. The van der Waals surface area contributed by atoms with Crippen molar-refractivity contribution in [2.75, 3.05) is 30.4 Å². The van der Waals surface area contributed by atoms with Crippen molar-refractivity contribution in [3.8, 4) is 0 Å². The number of ether oxygens (including phenoxy) is 1. The van der Waals surface area contributed by atoms with Crippen molar-refractivity contribution >= 4 is 11.6 Å². The first-order chi connectivity index (χ1) is 9.28. The first-order valence-corrected chi connectivity index (χ1v) is 7.18. The maximum absolute atomic E-state index is 5.42. The molecule has 106 valence electrons. The standard InChI is InChI=1S/C14H24N4O/c1-4-8-18(11-6-7-11)14-9-12(15-3)16-13(17-14)10-19-5-2/h9,11H,4-8,10H2,1-3H3,(H,15,16,17). The van der Waals surface area contributed by atoms with Gasteiger partial charge in [-0.1, -0.05) is 6.92 Å². The fourth-order valence-electron chi connectivity index (χ4n) is 2.13. The van der Waals surface area contributed by atoms with E-state index in [9.17, 15) is 0 Å². The van der Waals surface area contributed by atoms with Gasteiger partial charge in [0.1, 0.15) is 18.2 Å². The molecule has 0 spiro atoms. The summed E-state index contributed by atoms with van der Waals surface area (Å²) in [5.74, 6) is 2.64. The highest BCUT2D eigenvalue weighted by Crippen LogP contribution is 2.31. The molecule has 5 heteroatoms. The van der Waals surface area contributed by atoms with Gasteiger partial charge in [-0.15, -0.1) is 0 Å². The molecule has 0 unspecified atom stereocenters. The minimum absolute atomic E-state index is 0.476. The molecule has 0 saturated heterocycles. The predicted octanol–water partition coefficient (Wildman–Crippen LogP) is 2.43. The summed E-state index contributed by atoms with van der Waals surface area (Å²) in [6.07, 6.45) is 3.69. The monoisotopic (exact) mass is 264 g/mol. The van der Waals surface area contributed by atoms with Crippen molar-refractivity contribution < 1.29 is 4.74 Å². The van der Waals surface area contributed by atoms with Crippen molar-refractivity contribution in [2.24, 2.45) is 0 Å². The molecule has 2 rings (SSSR count). The zero-order chi connectivity index (χ0) is 13.7. The molecule has 1 aliphatic carbocycles. The van der Waals surface area contributed by atoms with Gasteiger partial charge in [-0.3, -0.25) is 0 Å². The van der Waals surface area contributed by atoms with Crippen molar-refractivity contribution in [2.45, 2.75) is 45.8 Å². The van der Waals surface area contributed by atoms with Crippen LogP contribution >= 0.6 is 0 Å². The van der Waals surface area contributed by atoms with Crippen LogP contribution in [0, 0.1) is 0 Å². The molecule has 0 amide bonds. The number of nitrogens with zero attached hydrogens (tertiary/aromatic N) is 3. The van der Waals surface area contributed by atoms with Crippen LogP contribution in [0.1, 0.15) is 38.9 Å². The topological polar surface area (TPSA) is 50.3 Å². The molecule has 5 nitrogen and oxygen atoms in total. The minimum atomic E-state index is 0.476. The molecule has 1 aromatic rings. The second kappa shape index (κ2) is 6.70. The van der Waals surface area contributed by atoms with Gasteiger partial charge in [-0.25, -0.2) is 9.97 Å². The number of aromatic nitrogens is 2. The summed E-state index contributed by atoms with van der Waals surface area (Å²) in [5, 5.41) is 3.11. The summed E-state index contributed by atoms with van der Waals surface area (Å²) < 4.78 is 5.42. The smallest absolute Gasteiger partial charge is 0.158 e. The van der Waals surface area contributed by atoms with Crippen LogP contribution in [0.3, 0.4) is 0 Å². The maximum atomic E-state index is 5.42. The third kappa shape index (κ3) is 3.80. The quantitative estimate of drug-likeness (QED) is 0.781. The maximum Gasteiger partial charge on any atom is 0.158 e. The fraction of sp³-hybridized carbons (Fsp3) is 0.714. The molecule has 1 N–H and O–H groups in total. The van der Waals surface area contributed by atoms with Crippen LogP contribution in [-0.2, 0) is 11.3 Å². The highest BCUT2D eigenvalue weighted by molar-refractivity contribution is 5.50. The van der Waals surface area contributed by atoms with E-state index < -0.39 is 0 Å². The predicted molar refractivity (Wildman–Crippen MR) is 77.6 cm³/mol. The number of hydrogen-bond acceptors (Lipinski definition) is 5. The van der Waals surface area contributed by atoms with Gasteiger partial charge in [0, 0.05) is 32.3 Å². The second-order valence-corrected chi connectivity index (χ2v) is 4.84. The van der Waals surface area contributed by atoms with Crippen molar-refractivity contribution in [1.82, 2.24) is 9.97 Å². The largest absolute Gasteiger partial charge is 0.374 e. The molecule has 0 radical (unpaired) electrons. The van der Waals surface area contributed by atoms with E-state index in [1.54, 1.807) is 0 Å². The van der Waals surface area contributed by atoms with Crippen LogP contribution in [0.15, 0.2) is 6.07 Å². The van der Waals surface area contributed by atoms with Crippen LogP contribution in [-0.4, -0.2) is 36.2 Å². The summed E-state index contributed by atoms with van der Waals surface area (Å²) in [5.41, 5.74) is 0. The zero-order valence-corrected chi connectivity index (χ0v) is 12.1. The first kappa shape index (κ1) is 14.1. The van der Waals surface area contributed by atoms with Crippen molar-refractivity contribution in [3.63, 3.8) is 0 Å². The highest BCUT2D eigenvalue weighted by Gasteiger charge is 2.29. The van der Waals surface area contributed by atoms with E-state index in [4.69, 9.17) is 4.74 Å². The van der Waals surface area contributed by atoms with E-state index in [-0.39, 0.29) is 0 Å². The molecule has 1 aromatic heterocycles. The molecule has 0 aliphatic heterocycles. The van der Waals surface area contributed by atoms with Gasteiger partial charge in [0.15, 0.2) is 5.82 Å². The third-order valence-electron chi connectivity index (χ3n) is 3.20. The summed E-state index contributed by atoms with van der Waals surface area (Å²) in [4.78, 5) is 11.5. The van der Waals surface area contributed by atoms with Crippen molar-refractivity contribution in [1.29, 1.82) is 0 Å². The molecule has 19 heavy (non-hydrogen) atoms. The molecule has 1 saturated carbocycles. The minimum Gasteiger partial charge on any atom is -0.374 e. The highest BCUT2D eigenvalue weighted by atomic mass is 16.5. The van der Waals surface area contributed by atoms with Gasteiger partial charge in [-0.05, 0) is 26.2 Å². The van der Waals surface area contributed by atoms with Crippen LogP contribution < -0.4 is 10.2 Å². The van der Waals surface area contributed by atoms with Crippen LogP contribution in [0.4, 0.5) is 11.6 Å².